The SMILES string of the molecule is C=C[C@@H]1C[C@]1(NC(=O)[C@@H]1C[C@@]2(CN1C(=O)[C@@H](NC(=O)[C@H](C1CCCCC1)N(C(=O)O)C(C)(C)C)C(C)(C)C)C(C)(C)C21CCC1)C(=O)NS(=O)(=O)C1(CCC)CC1.Cl. The molecule has 328 valence electrons. The maximum absolute atomic E-state index is 15.2. The number of likely N-dealkylation sites (tertiary alicyclic amines) is 1. The average Bonchev–Trinajstić information content (AvgIpc) is 4.02. The van der Waals surface area contributed by atoms with Gasteiger partial charge in [-0.05, 0) is 101 Å². The first-order chi connectivity index (χ1) is 26.3. The van der Waals surface area contributed by atoms with Crippen molar-refractivity contribution in [1.29, 1.82) is 0 Å². The van der Waals surface area contributed by atoms with Gasteiger partial charge < -0.3 is 20.6 Å². The lowest BCUT2D eigenvalue weighted by Gasteiger charge is -2.44. The summed E-state index contributed by atoms with van der Waals surface area (Å²) in [7, 11) is -4.00. The monoisotopic (exact) mass is 851 g/mol. The Morgan fingerprint density at radius 1 is 0.931 bits per heavy atom. The topological polar surface area (TPSA) is 182 Å². The molecule has 0 aromatic carbocycles. The lowest BCUT2D eigenvalue weighted by molar-refractivity contribution is -0.146. The van der Waals surface area contributed by atoms with E-state index >= 15 is 4.79 Å². The largest absolute Gasteiger partial charge is 0.465 e. The molecule has 5 aliphatic carbocycles. The molecule has 6 aliphatic rings. The number of rotatable bonds is 13. The molecule has 6 atom stereocenters. The molecule has 0 bridgehead atoms. The molecule has 15 heteroatoms. The maximum atomic E-state index is 15.2. The fraction of sp³-hybridized carbons (Fsp3) is 0.837. The highest BCUT2D eigenvalue weighted by molar-refractivity contribution is 7.91. The van der Waals surface area contributed by atoms with Gasteiger partial charge in [0.15, 0.2) is 0 Å². The van der Waals surface area contributed by atoms with Gasteiger partial charge >= 0.3 is 6.09 Å². The van der Waals surface area contributed by atoms with Crippen LogP contribution in [0.3, 0.4) is 0 Å². The number of halogens is 1. The number of fused-ring (bicyclic) bond motifs is 1. The number of nitrogens with one attached hydrogen (secondary N) is 3. The number of carbonyl (C=O) groups excluding carboxylic acids is 4. The molecule has 0 aromatic rings. The van der Waals surface area contributed by atoms with Gasteiger partial charge in [-0.25, -0.2) is 13.2 Å². The molecule has 1 aliphatic heterocycles. The summed E-state index contributed by atoms with van der Waals surface area (Å²) in [4.78, 5) is 74.2. The fourth-order valence-electron chi connectivity index (χ4n) is 11.8. The van der Waals surface area contributed by atoms with Crippen LogP contribution in [0, 0.1) is 33.5 Å². The van der Waals surface area contributed by atoms with Crippen molar-refractivity contribution in [3.63, 3.8) is 0 Å². The van der Waals surface area contributed by atoms with Crippen LogP contribution in [0.5, 0.6) is 0 Å². The molecule has 58 heavy (non-hydrogen) atoms. The molecular weight excluding hydrogens is 782 g/mol. The van der Waals surface area contributed by atoms with Gasteiger partial charge in [0.25, 0.3) is 5.91 Å². The molecule has 4 N–H and O–H groups in total. The molecule has 5 amide bonds. The van der Waals surface area contributed by atoms with E-state index in [1.807, 2.05) is 27.7 Å². The molecular formula is C43H70ClN5O8S. The second-order valence-corrected chi connectivity index (χ2v) is 23.3. The number of carboxylic acid groups (broad SMARTS) is 1. The molecule has 0 radical (unpaired) electrons. The van der Waals surface area contributed by atoms with Gasteiger partial charge in [-0.15, -0.1) is 19.0 Å². The second-order valence-electron chi connectivity index (χ2n) is 21.2. The lowest BCUT2D eigenvalue weighted by Crippen LogP contribution is -2.64. The lowest BCUT2D eigenvalue weighted by atomic mass is 9.73. The number of hydrogen-bond donors (Lipinski definition) is 4. The zero-order valence-corrected chi connectivity index (χ0v) is 37.9. The Morgan fingerprint density at radius 2 is 1.53 bits per heavy atom. The van der Waals surface area contributed by atoms with Crippen molar-refractivity contribution in [3.8, 4) is 0 Å². The van der Waals surface area contributed by atoms with Crippen molar-refractivity contribution in [2.75, 3.05) is 6.54 Å². The molecule has 6 fully saturated rings. The summed E-state index contributed by atoms with van der Waals surface area (Å²) >= 11 is 0. The number of carbonyl (C=O) groups is 5. The second kappa shape index (κ2) is 15.2. The minimum Gasteiger partial charge on any atom is -0.465 e. The third-order valence-corrected chi connectivity index (χ3v) is 17.9. The van der Waals surface area contributed by atoms with E-state index in [0.29, 0.717) is 51.5 Å². The number of hydrogen-bond acceptors (Lipinski definition) is 7. The van der Waals surface area contributed by atoms with Crippen LogP contribution in [0.25, 0.3) is 0 Å². The van der Waals surface area contributed by atoms with Crippen molar-refractivity contribution in [2.45, 2.75) is 186 Å². The molecule has 5 saturated carbocycles. The first kappa shape index (κ1) is 46.2. The Kier molecular flexibility index (Phi) is 12.1. The van der Waals surface area contributed by atoms with Gasteiger partial charge in [0.05, 0.1) is 4.75 Å². The highest BCUT2D eigenvalue weighted by Gasteiger charge is 2.85. The van der Waals surface area contributed by atoms with Gasteiger partial charge in [-0.2, -0.15) is 0 Å². The van der Waals surface area contributed by atoms with Crippen molar-refractivity contribution < 1.29 is 37.5 Å². The van der Waals surface area contributed by atoms with Crippen LogP contribution in [-0.4, -0.2) is 93.5 Å². The van der Waals surface area contributed by atoms with Crippen molar-refractivity contribution in [2.24, 2.45) is 33.5 Å². The van der Waals surface area contributed by atoms with Gasteiger partial charge in [0.2, 0.25) is 27.7 Å². The maximum Gasteiger partial charge on any atom is 0.408 e. The Morgan fingerprint density at radius 3 is 1.97 bits per heavy atom. The molecule has 2 spiro atoms. The average molecular weight is 853 g/mol. The normalized spacial score (nSPS) is 30.2. The van der Waals surface area contributed by atoms with Crippen LogP contribution >= 0.6 is 12.4 Å². The number of nitrogens with zero attached hydrogens (tertiary/aromatic N) is 2. The van der Waals surface area contributed by atoms with Crippen LogP contribution in [0.4, 0.5) is 4.79 Å². The van der Waals surface area contributed by atoms with Crippen molar-refractivity contribution in [1.82, 2.24) is 25.2 Å². The summed E-state index contributed by atoms with van der Waals surface area (Å²) in [5.41, 5.74) is -3.83. The van der Waals surface area contributed by atoms with Crippen LogP contribution < -0.4 is 15.4 Å². The smallest absolute Gasteiger partial charge is 0.408 e. The minimum absolute atomic E-state index is 0. The third-order valence-electron chi connectivity index (χ3n) is 15.7. The van der Waals surface area contributed by atoms with E-state index in [2.05, 4.69) is 35.8 Å². The van der Waals surface area contributed by atoms with Crippen LogP contribution in [0.2, 0.25) is 0 Å². The summed E-state index contributed by atoms with van der Waals surface area (Å²) in [6.45, 7) is 21.3. The summed E-state index contributed by atoms with van der Waals surface area (Å²) in [6.07, 6.45) is 10.2. The Bertz CT molecular complexity index is 1790. The van der Waals surface area contributed by atoms with Gasteiger partial charge in [-0.1, -0.05) is 79.7 Å². The molecule has 13 nitrogen and oxygen atoms in total. The summed E-state index contributed by atoms with van der Waals surface area (Å²) < 4.78 is 28.3. The van der Waals surface area contributed by atoms with Gasteiger partial charge in [0, 0.05) is 23.4 Å². The van der Waals surface area contributed by atoms with Crippen molar-refractivity contribution >= 4 is 52.2 Å². The highest BCUT2D eigenvalue weighted by atomic mass is 35.5. The van der Waals surface area contributed by atoms with E-state index in [4.69, 9.17) is 0 Å². The Labute approximate surface area is 352 Å². The predicted octanol–water partition coefficient (Wildman–Crippen LogP) is 6.30. The zero-order valence-electron chi connectivity index (χ0n) is 36.3. The Hall–Kier alpha value is -2.87. The molecule has 6 rings (SSSR count). The molecule has 1 saturated heterocycles. The van der Waals surface area contributed by atoms with E-state index in [9.17, 15) is 32.7 Å². The van der Waals surface area contributed by atoms with Crippen molar-refractivity contribution in [3.05, 3.63) is 12.7 Å². The summed E-state index contributed by atoms with van der Waals surface area (Å²) in [6, 6.07) is -3.11. The van der Waals surface area contributed by atoms with Crippen LogP contribution in [0.1, 0.15) is 152 Å². The van der Waals surface area contributed by atoms with E-state index < -0.39 is 85.0 Å². The van der Waals surface area contributed by atoms with Gasteiger partial charge in [-0.3, -0.25) is 28.8 Å². The van der Waals surface area contributed by atoms with Crippen LogP contribution in [0.15, 0.2) is 12.7 Å². The first-order valence-electron chi connectivity index (χ1n) is 21.5. The van der Waals surface area contributed by atoms with E-state index in [1.54, 1.807) is 31.7 Å². The van der Waals surface area contributed by atoms with E-state index in [0.717, 1.165) is 38.5 Å². The first-order valence-corrected chi connectivity index (χ1v) is 22.9. The third kappa shape index (κ3) is 7.25. The minimum atomic E-state index is -4.00. The number of sulfonamides is 1. The molecule has 0 aromatic heterocycles. The van der Waals surface area contributed by atoms with E-state index in [-0.39, 0.29) is 41.0 Å². The van der Waals surface area contributed by atoms with Gasteiger partial charge in [0.1, 0.15) is 23.7 Å². The molecule has 0 unspecified atom stereocenters. The zero-order chi connectivity index (χ0) is 42.4. The summed E-state index contributed by atoms with van der Waals surface area (Å²) in [5, 5.41) is 16.5. The standard InChI is InChI=1S/C43H69N5O8S.ClH/c1-11-19-40(22-23-40)57(55,56)46-35(52)43(24-28(43)12-2)45-32(49)29-25-42(39(9,10)41(42)20-16-21-41)26-47(29)34(51)31(37(3,4)5)44-33(50)30(27-17-14-13-15-18-27)48(36(53)54)38(6,7)8;/h12,27-31H,2,11,13-26H2,1,3-10H3,(H,44,50)(H,45,49)(H,46,52)(H,53,54);1H/t28-,29+,30+,31-,42-,43-;/m1./s1. The summed E-state index contributed by atoms with van der Waals surface area (Å²) in [5.74, 6) is -2.99. The number of amides is 5. The fourth-order valence-corrected chi connectivity index (χ4v) is 13.6. The Balaban J connectivity index is 0.00000641. The quantitative estimate of drug-likeness (QED) is 0.156. The molecule has 1 heterocycles. The van der Waals surface area contributed by atoms with Crippen LogP contribution in [-0.2, 0) is 29.2 Å². The highest BCUT2D eigenvalue weighted by Crippen LogP contribution is 2.88. The predicted molar refractivity (Wildman–Crippen MR) is 224 cm³/mol. The van der Waals surface area contributed by atoms with E-state index in [1.165, 1.54) is 4.90 Å².